The zero-order chi connectivity index (χ0) is 15.2. The molecule has 1 aromatic carbocycles. The molecule has 1 N–H and O–H groups in total. The van der Waals surface area contributed by atoms with Gasteiger partial charge < -0.3 is 24.3 Å². The Kier molecular flexibility index (Phi) is 5.70. The molecule has 21 heavy (non-hydrogen) atoms. The molecule has 0 saturated carbocycles. The molecule has 1 unspecified atom stereocenters. The first kappa shape index (κ1) is 15.9. The summed E-state index contributed by atoms with van der Waals surface area (Å²) in [6.07, 6.45) is 0. The first-order valence-electron chi connectivity index (χ1n) is 7.34. The summed E-state index contributed by atoms with van der Waals surface area (Å²) in [6, 6.07) is 4.31. The van der Waals surface area contributed by atoms with Crippen molar-refractivity contribution in [3.8, 4) is 17.2 Å². The van der Waals surface area contributed by atoms with Crippen LogP contribution in [0.4, 0.5) is 0 Å². The minimum atomic E-state index is 0.314. The molecule has 0 amide bonds. The van der Waals surface area contributed by atoms with Crippen molar-refractivity contribution in [1.82, 2.24) is 5.32 Å². The van der Waals surface area contributed by atoms with E-state index < -0.39 is 0 Å². The van der Waals surface area contributed by atoms with Crippen LogP contribution in [0.1, 0.15) is 19.4 Å². The van der Waals surface area contributed by atoms with E-state index in [-0.39, 0.29) is 0 Å². The summed E-state index contributed by atoms with van der Waals surface area (Å²) in [5.74, 6) is 2.68. The Morgan fingerprint density at radius 2 is 1.95 bits per heavy atom. The van der Waals surface area contributed by atoms with E-state index in [1.807, 2.05) is 12.1 Å². The Balaban J connectivity index is 2.09. The minimum absolute atomic E-state index is 0.314. The van der Waals surface area contributed by atoms with Gasteiger partial charge in [0.2, 0.25) is 5.75 Å². The highest BCUT2D eigenvalue weighted by molar-refractivity contribution is 5.54. The van der Waals surface area contributed by atoms with E-state index in [2.05, 4.69) is 19.2 Å². The van der Waals surface area contributed by atoms with E-state index in [1.54, 1.807) is 14.2 Å². The first-order valence-corrected chi connectivity index (χ1v) is 7.34. The van der Waals surface area contributed by atoms with Crippen LogP contribution in [0.5, 0.6) is 17.2 Å². The van der Waals surface area contributed by atoms with Crippen LogP contribution < -0.4 is 19.5 Å². The van der Waals surface area contributed by atoms with Crippen LogP contribution in [-0.4, -0.2) is 40.1 Å². The lowest BCUT2D eigenvalue weighted by molar-refractivity contribution is 0.146. The van der Waals surface area contributed by atoms with Crippen molar-refractivity contribution < 1.29 is 18.9 Å². The minimum Gasteiger partial charge on any atom is -0.493 e. The third-order valence-corrected chi connectivity index (χ3v) is 3.61. The van der Waals surface area contributed by atoms with Gasteiger partial charge in [0.1, 0.15) is 13.2 Å². The molecule has 1 aliphatic rings. The summed E-state index contributed by atoms with van der Waals surface area (Å²) >= 11 is 0. The number of rotatable bonds is 7. The molecule has 0 radical (unpaired) electrons. The molecule has 5 heteroatoms. The van der Waals surface area contributed by atoms with Crippen LogP contribution in [0.25, 0.3) is 0 Å². The van der Waals surface area contributed by atoms with Gasteiger partial charge in [-0.15, -0.1) is 0 Å². The van der Waals surface area contributed by atoms with Gasteiger partial charge in [-0.2, -0.15) is 0 Å². The summed E-state index contributed by atoms with van der Waals surface area (Å²) < 4.78 is 21.9. The number of fused-ring (bicyclic) bond motifs is 1. The highest BCUT2D eigenvalue weighted by atomic mass is 16.6. The molecule has 0 fully saturated rings. The Bertz CT molecular complexity index is 445. The third kappa shape index (κ3) is 4.02. The summed E-state index contributed by atoms with van der Waals surface area (Å²) in [6.45, 7) is 6.93. The van der Waals surface area contributed by atoms with Crippen LogP contribution >= 0.6 is 0 Å². The topological polar surface area (TPSA) is 49.0 Å². The highest BCUT2D eigenvalue weighted by Crippen LogP contribution is 2.40. The van der Waals surface area contributed by atoms with Crippen molar-refractivity contribution in [2.45, 2.75) is 26.4 Å². The Morgan fingerprint density at radius 3 is 2.62 bits per heavy atom. The van der Waals surface area contributed by atoms with Gasteiger partial charge in [-0.25, -0.2) is 0 Å². The van der Waals surface area contributed by atoms with Crippen LogP contribution in [0, 0.1) is 5.92 Å². The van der Waals surface area contributed by atoms with Gasteiger partial charge in [-0.3, -0.25) is 0 Å². The second-order valence-electron chi connectivity index (χ2n) is 5.51. The number of nitrogens with one attached hydrogen (secondary N) is 1. The van der Waals surface area contributed by atoms with E-state index in [4.69, 9.17) is 18.9 Å². The van der Waals surface area contributed by atoms with Crippen LogP contribution in [0.2, 0.25) is 0 Å². The summed E-state index contributed by atoms with van der Waals surface area (Å²) in [5.41, 5.74) is 1.11. The Labute approximate surface area is 126 Å². The fourth-order valence-electron chi connectivity index (χ4n) is 2.35. The molecule has 5 nitrogen and oxygen atoms in total. The van der Waals surface area contributed by atoms with Crippen molar-refractivity contribution in [2.24, 2.45) is 5.92 Å². The van der Waals surface area contributed by atoms with Crippen LogP contribution in [0.15, 0.2) is 12.1 Å². The van der Waals surface area contributed by atoms with Gasteiger partial charge in [0.05, 0.1) is 13.7 Å². The van der Waals surface area contributed by atoms with Gasteiger partial charge in [0.15, 0.2) is 11.5 Å². The molecular formula is C16H25NO4. The molecule has 0 aliphatic carbocycles. The molecule has 0 saturated heterocycles. The van der Waals surface area contributed by atoms with Gasteiger partial charge in [0, 0.05) is 19.7 Å². The van der Waals surface area contributed by atoms with E-state index in [9.17, 15) is 0 Å². The normalized spacial score (nSPS) is 15.1. The van der Waals surface area contributed by atoms with Gasteiger partial charge in [-0.05, 0) is 23.6 Å². The Morgan fingerprint density at radius 1 is 1.19 bits per heavy atom. The first-order chi connectivity index (χ1) is 10.2. The number of ether oxygens (including phenoxy) is 4. The average molecular weight is 295 g/mol. The molecule has 1 aromatic rings. The highest BCUT2D eigenvalue weighted by Gasteiger charge is 2.19. The predicted molar refractivity (Wildman–Crippen MR) is 81.3 cm³/mol. The Hall–Kier alpha value is -1.46. The van der Waals surface area contributed by atoms with Gasteiger partial charge in [-0.1, -0.05) is 13.8 Å². The maximum atomic E-state index is 5.65. The maximum absolute atomic E-state index is 5.65. The SMILES string of the molecule is COCC(NCc1cc(OC)c2c(c1)OCCO2)C(C)C. The second-order valence-corrected chi connectivity index (χ2v) is 5.51. The standard InChI is InChI=1S/C16H25NO4/c1-11(2)13(10-18-3)17-9-12-7-14(19-4)16-15(8-12)20-5-6-21-16/h7-8,11,13,17H,5-6,9-10H2,1-4H3. The molecule has 0 spiro atoms. The quantitative estimate of drug-likeness (QED) is 0.836. The number of hydrogen-bond acceptors (Lipinski definition) is 5. The zero-order valence-corrected chi connectivity index (χ0v) is 13.3. The molecule has 1 heterocycles. The van der Waals surface area contributed by atoms with Crippen molar-refractivity contribution in [3.05, 3.63) is 17.7 Å². The molecule has 118 valence electrons. The van der Waals surface area contributed by atoms with Crippen molar-refractivity contribution in [2.75, 3.05) is 34.0 Å². The number of benzene rings is 1. The van der Waals surface area contributed by atoms with E-state index >= 15 is 0 Å². The smallest absolute Gasteiger partial charge is 0.203 e. The monoisotopic (exact) mass is 295 g/mol. The maximum Gasteiger partial charge on any atom is 0.203 e. The lowest BCUT2D eigenvalue weighted by atomic mass is 10.0. The molecule has 1 atom stereocenters. The van der Waals surface area contributed by atoms with Crippen molar-refractivity contribution in [1.29, 1.82) is 0 Å². The van der Waals surface area contributed by atoms with Crippen molar-refractivity contribution >= 4 is 0 Å². The summed E-state index contributed by atoms with van der Waals surface area (Å²) in [5, 5.41) is 3.52. The summed E-state index contributed by atoms with van der Waals surface area (Å²) in [7, 11) is 3.37. The lowest BCUT2D eigenvalue weighted by Crippen LogP contribution is -2.37. The molecular weight excluding hydrogens is 270 g/mol. The van der Waals surface area contributed by atoms with Crippen LogP contribution in [-0.2, 0) is 11.3 Å². The second kappa shape index (κ2) is 7.52. The molecule has 0 bridgehead atoms. The van der Waals surface area contributed by atoms with Crippen molar-refractivity contribution in [3.63, 3.8) is 0 Å². The molecule has 1 aliphatic heterocycles. The lowest BCUT2D eigenvalue weighted by Gasteiger charge is -2.24. The van der Waals surface area contributed by atoms with E-state index in [0.717, 1.165) is 23.6 Å². The fourth-order valence-corrected chi connectivity index (χ4v) is 2.35. The largest absolute Gasteiger partial charge is 0.493 e. The third-order valence-electron chi connectivity index (χ3n) is 3.61. The summed E-state index contributed by atoms with van der Waals surface area (Å²) in [4.78, 5) is 0. The van der Waals surface area contributed by atoms with Crippen LogP contribution in [0.3, 0.4) is 0 Å². The number of hydrogen-bond donors (Lipinski definition) is 1. The predicted octanol–water partition coefficient (Wildman–Crippen LogP) is 2.23. The number of methoxy groups -OCH3 is 2. The van der Waals surface area contributed by atoms with E-state index in [0.29, 0.717) is 37.5 Å². The molecule has 0 aromatic heterocycles. The molecule has 2 rings (SSSR count). The zero-order valence-electron chi connectivity index (χ0n) is 13.3. The van der Waals surface area contributed by atoms with E-state index in [1.165, 1.54) is 0 Å². The van der Waals surface area contributed by atoms with Gasteiger partial charge in [0.25, 0.3) is 0 Å². The average Bonchev–Trinajstić information content (AvgIpc) is 2.50. The fraction of sp³-hybridized carbons (Fsp3) is 0.625. The van der Waals surface area contributed by atoms with Gasteiger partial charge >= 0.3 is 0 Å².